The van der Waals surface area contributed by atoms with Gasteiger partial charge in [0.2, 0.25) is 0 Å². The van der Waals surface area contributed by atoms with Crippen LogP contribution in [0.4, 0.5) is 13.2 Å². The zero-order valence-corrected chi connectivity index (χ0v) is 11.2. The molecule has 0 aromatic heterocycles. The first-order valence-electron chi connectivity index (χ1n) is 6.29. The molecule has 1 aromatic carbocycles. The van der Waals surface area contributed by atoms with E-state index in [9.17, 15) is 23.1 Å². The molecule has 3 nitrogen and oxygen atoms in total. The van der Waals surface area contributed by atoms with Crippen LogP contribution in [0.2, 0.25) is 0 Å². The number of hydrogen-bond acceptors (Lipinski definition) is 2. The van der Waals surface area contributed by atoms with Crippen molar-refractivity contribution < 1.29 is 23.1 Å². The monoisotopic (exact) mass is 287 g/mol. The SMILES string of the molecule is CC1(C)C(O)CC1NC(=O)c1ccccc1C(F)(F)F. The molecule has 1 aromatic rings. The molecule has 2 N–H and O–H groups in total. The van der Waals surface area contributed by atoms with Crippen LogP contribution in [0, 0.1) is 5.41 Å². The first-order chi connectivity index (χ1) is 9.14. The van der Waals surface area contributed by atoms with Gasteiger partial charge in [-0.15, -0.1) is 0 Å². The van der Waals surface area contributed by atoms with Gasteiger partial charge in [0, 0.05) is 11.5 Å². The lowest BCUT2D eigenvalue weighted by Gasteiger charge is -2.49. The number of benzene rings is 1. The summed E-state index contributed by atoms with van der Waals surface area (Å²) in [6.45, 7) is 3.53. The number of carbonyl (C=O) groups is 1. The Morgan fingerprint density at radius 1 is 1.35 bits per heavy atom. The van der Waals surface area contributed by atoms with Crippen molar-refractivity contribution in [3.05, 3.63) is 35.4 Å². The molecule has 0 saturated heterocycles. The summed E-state index contributed by atoms with van der Waals surface area (Å²) in [5.41, 5.74) is -1.87. The van der Waals surface area contributed by atoms with E-state index in [4.69, 9.17) is 0 Å². The Balaban J connectivity index is 2.19. The van der Waals surface area contributed by atoms with Gasteiger partial charge in [0.1, 0.15) is 0 Å². The Bertz CT molecular complexity index is 525. The normalized spacial score (nSPS) is 24.9. The number of aliphatic hydroxyl groups excluding tert-OH is 1. The maximum absolute atomic E-state index is 12.8. The van der Waals surface area contributed by atoms with Crippen LogP contribution in [0.25, 0.3) is 0 Å². The minimum atomic E-state index is -4.57. The molecule has 0 aliphatic heterocycles. The summed E-state index contributed by atoms with van der Waals surface area (Å²) < 4.78 is 38.5. The highest BCUT2D eigenvalue weighted by atomic mass is 19.4. The topological polar surface area (TPSA) is 49.3 Å². The third-order valence-corrected chi connectivity index (χ3v) is 4.00. The van der Waals surface area contributed by atoms with Gasteiger partial charge < -0.3 is 10.4 Å². The molecule has 2 atom stereocenters. The van der Waals surface area contributed by atoms with Crippen molar-refractivity contribution in [3.8, 4) is 0 Å². The average Bonchev–Trinajstić information content (AvgIpc) is 2.37. The Labute approximate surface area is 114 Å². The smallest absolute Gasteiger partial charge is 0.392 e. The molecule has 1 aliphatic carbocycles. The van der Waals surface area contributed by atoms with Crippen molar-refractivity contribution in [1.29, 1.82) is 0 Å². The number of hydrogen-bond donors (Lipinski definition) is 2. The molecule has 2 unspecified atom stereocenters. The lowest BCUT2D eigenvalue weighted by Crippen LogP contribution is -2.61. The van der Waals surface area contributed by atoms with E-state index in [-0.39, 0.29) is 6.04 Å². The zero-order chi connectivity index (χ0) is 15.1. The zero-order valence-electron chi connectivity index (χ0n) is 11.2. The summed E-state index contributed by atoms with van der Waals surface area (Å²) in [5.74, 6) is -0.761. The number of halogens is 3. The standard InChI is InChI=1S/C14H16F3NO2/c1-13(2)10(7-11(13)19)18-12(20)8-5-3-4-6-9(8)14(15,16)17/h3-6,10-11,19H,7H2,1-2H3,(H,18,20). The van der Waals surface area contributed by atoms with Crippen molar-refractivity contribution in [2.75, 3.05) is 0 Å². The maximum atomic E-state index is 12.8. The van der Waals surface area contributed by atoms with E-state index in [0.29, 0.717) is 6.42 Å². The Hall–Kier alpha value is -1.56. The van der Waals surface area contributed by atoms with Gasteiger partial charge in [0.15, 0.2) is 0 Å². The minimum absolute atomic E-state index is 0.328. The largest absolute Gasteiger partial charge is 0.417 e. The first-order valence-corrected chi connectivity index (χ1v) is 6.29. The van der Waals surface area contributed by atoms with Crippen molar-refractivity contribution in [3.63, 3.8) is 0 Å². The third kappa shape index (κ3) is 2.52. The molecule has 6 heteroatoms. The van der Waals surface area contributed by atoms with Crippen LogP contribution in [-0.2, 0) is 6.18 Å². The molecule has 0 radical (unpaired) electrons. The fraction of sp³-hybridized carbons (Fsp3) is 0.500. The van der Waals surface area contributed by atoms with Gasteiger partial charge >= 0.3 is 6.18 Å². The van der Waals surface area contributed by atoms with Crippen LogP contribution in [0.5, 0.6) is 0 Å². The van der Waals surface area contributed by atoms with E-state index in [2.05, 4.69) is 5.32 Å². The predicted molar refractivity (Wildman–Crippen MR) is 67.1 cm³/mol. The quantitative estimate of drug-likeness (QED) is 0.878. The summed E-state index contributed by atoms with van der Waals surface area (Å²) in [6, 6.07) is 4.35. The molecule has 1 fully saturated rings. The van der Waals surface area contributed by atoms with Crippen molar-refractivity contribution in [2.24, 2.45) is 5.41 Å². The summed E-state index contributed by atoms with van der Waals surface area (Å²) in [6.07, 6.45) is -4.76. The van der Waals surface area contributed by atoms with E-state index in [1.165, 1.54) is 12.1 Å². The van der Waals surface area contributed by atoms with E-state index in [1.54, 1.807) is 13.8 Å². The van der Waals surface area contributed by atoms with Crippen molar-refractivity contribution in [1.82, 2.24) is 5.32 Å². The van der Waals surface area contributed by atoms with Crippen LogP contribution in [-0.4, -0.2) is 23.2 Å². The number of alkyl halides is 3. The average molecular weight is 287 g/mol. The van der Waals surface area contributed by atoms with Gasteiger partial charge in [-0.3, -0.25) is 4.79 Å². The number of aliphatic hydroxyl groups is 1. The van der Waals surface area contributed by atoms with Gasteiger partial charge in [0.25, 0.3) is 5.91 Å². The van der Waals surface area contributed by atoms with Crippen molar-refractivity contribution in [2.45, 2.75) is 38.6 Å². The molecule has 0 bridgehead atoms. The molecule has 1 aliphatic rings. The summed E-state index contributed by atoms with van der Waals surface area (Å²) in [4.78, 5) is 12.0. The van der Waals surface area contributed by atoms with Crippen LogP contribution < -0.4 is 5.32 Å². The Kier molecular flexibility index (Phi) is 3.54. The van der Waals surface area contributed by atoms with Gasteiger partial charge in [0.05, 0.1) is 17.2 Å². The lowest BCUT2D eigenvalue weighted by molar-refractivity contribution is -0.138. The molecule has 110 valence electrons. The summed E-state index contributed by atoms with van der Waals surface area (Å²) in [7, 11) is 0. The number of carbonyl (C=O) groups excluding carboxylic acids is 1. The van der Waals surface area contributed by atoms with Crippen LogP contribution in [0.15, 0.2) is 24.3 Å². The molecule has 20 heavy (non-hydrogen) atoms. The summed E-state index contributed by atoms with van der Waals surface area (Å²) >= 11 is 0. The fourth-order valence-corrected chi connectivity index (χ4v) is 2.31. The van der Waals surface area contributed by atoms with E-state index in [0.717, 1.165) is 12.1 Å². The number of amides is 1. The van der Waals surface area contributed by atoms with Gasteiger partial charge in [-0.1, -0.05) is 26.0 Å². The lowest BCUT2D eigenvalue weighted by atomic mass is 9.64. The first kappa shape index (κ1) is 14.8. The highest BCUT2D eigenvalue weighted by molar-refractivity contribution is 5.96. The van der Waals surface area contributed by atoms with Crippen LogP contribution in [0.1, 0.15) is 36.2 Å². The molecular weight excluding hydrogens is 271 g/mol. The molecule has 1 amide bonds. The molecule has 0 spiro atoms. The van der Waals surface area contributed by atoms with Crippen molar-refractivity contribution >= 4 is 5.91 Å². The van der Waals surface area contributed by atoms with E-state index in [1.807, 2.05) is 0 Å². The van der Waals surface area contributed by atoms with Crippen LogP contribution >= 0.6 is 0 Å². The number of nitrogens with one attached hydrogen (secondary N) is 1. The van der Waals surface area contributed by atoms with Gasteiger partial charge in [-0.2, -0.15) is 13.2 Å². The molecule has 1 saturated carbocycles. The van der Waals surface area contributed by atoms with Gasteiger partial charge in [-0.25, -0.2) is 0 Å². The van der Waals surface area contributed by atoms with Crippen LogP contribution in [0.3, 0.4) is 0 Å². The highest BCUT2D eigenvalue weighted by Crippen LogP contribution is 2.40. The Morgan fingerprint density at radius 2 is 1.95 bits per heavy atom. The second kappa shape index (κ2) is 4.77. The van der Waals surface area contributed by atoms with E-state index < -0.39 is 34.7 Å². The minimum Gasteiger partial charge on any atom is -0.392 e. The third-order valence-electron chi connectivity index (χ3n) is 4.00. The highest BCUT2D eigenvalue weighted by Gasteiger charge is 2.48. The fourth-order valence-electron chi connectivity index (χ4n) is 2.31. The predicted octanol–water partition coefficient (Wildman–Crippen LogP) is 2.59. The summed E-state index contributed by atoms with van der Waals surface area (Å²) in [5, 5.41) is 12.1. The molecule has 0 heterocycles. The second-order valence-electron chi connectivity index (χ2n) is 5.64. The van der Waals surface area contributed by atoms with E-state index >= 15 is 0 Å². The molecular formula is C14H16F3NO2. The van der Waals surface area contributed by atoms with Gasteiger partial charge in [-0.05, 0) is 18.6 Å². The Morgan fingerprint density at radius 3 is 2.45 bits per heavy atom. The second-order valence-corrected chi connectivity index (χ2v) is 5.64. The molecule has 2 rings (SSSR count). The maximum Gasteiger partial charge on any atom is 0.417 e. The number of rotatable bonds is 2.